The molecule has 0 saturated carbocycles. The van der Waals surface area contributed by atoms with Crippen LogP contribution in [0.1, 0.15) is 13.3 Å². The fourth-order valence-corrected chi connectivity index (χ4v) is 0.539. The molecule has 0 amide bonds. The van der Waals surface area contributed by atoms with Crippen LogP contribution in [0.5, 0.6) is 0 Å². The van der Waals surface area contributed by atoms with Gasteiger partial charge >= 0.3 is 5.97 Å². The predicted molar refractivity (Wildman–Crippen MR) is 48.5 cm³/mol. The van der Waals surface area contributed by atoms with Crippen molar-refractivity contribution < 1.29 is 9.53 Å². The van der Waals surface area contributed by atoms with E-state index < -0.39 is 0 Å². The van der Waals surface area contributed by atoms with Crippen molar-refractivity contribution in [2.75, 3.05) is 5.33 Å². The molecule has 62 valence electrons. The first-order valence-electron chi connectivity index (χ1n) is 3.38. The molecule has 3 heteroatoms. The lowest BCUT2D eigenvalue weighted by atomic mass is 10.4. The van der Waals surface area contributed by atoms with E-state index in [0.29, 0.717) is 0 Å². The van der Waals surface area contributed by atoms with Gasteiger partial charge in [-0.2, -0.15) is 0 Å². The van der Waals surface area contributed by atoms with Gasteiger partial charge in [-0.15, -0.1) is 0 Å². The monoisotopic (exact) mass is 218 g/mol. The van der Waals surface area contributed by atoms with E-state index in [-0.39, 0.29) is 11.3 Å². The van der Waals surface area contributed by atoms with Gasteiger partial charge in [0.25, 0.3) is 0 Å². The highest BCUT2D eigenvalue weighted by Crippen LogP contribution is 1.87. The van der Waals surface area contributed by atoms with Gasteiger partial charge in [0.2, 0.25) is 0 Å². The quantitative estimate of drug-likeness (QED) is 0.314. The van der Waals surface area contributed by atoms with E-state index >= 15 is 0 Å². The Morgan fingerprint density at radius 1 is 1.55 bits per heavy atom. The third-order valence-corrected chi connectivity index (χ3v) is 1.33. The predicted octanol–water partition coefficient (Wildman–Crippen LogP) is 2.40. The highest BCUT2D eigenvalue weighted by molar-refractivity contribution is 9.09. The number of hydrogen-bond acceptors (Lipinski definition) is 2. The van der Waals surface area contributed by atoms with Gasteiger partial charge in [0.1, 0.15) is 5.33 Å². The molecular weight excluding hydrogens is 208 g/mol. The Morgan fingerprint density at radius 3 is 2.82 bits per heavy atom. The third kappa shape index (κ3) is 7.33. The number of carbonyl (C=O) groups is 1. The SMILES string of the molecule is CC/C=C/C=COC(=O)CBr. The van der Waals surface area contributed by atoms with Gasteiger partial charge in [-0.25, -0.2) is 0 Å². The van der Waals surface area contributed by atoms with Crippen LogP contribution >= 0.6 is 15.9 Å². The van der Waals surface area contributed by atoms with E-state index in [9.17, 15) is 4.79 Å². The number of rotatable bonds is 4. The lowest BCUT2D eigenvalue weighted by Crippen LogP contribution is -1.98. The minimum atomic E-state index is -0.286. The molecule has 2 nitrogen and oxygen atoms in total. The Balaban J connectivity index is 3.44. The van der Waals surface area contributed by atoms with Crippen molar-refractivity contribution in [3.05, 3.63) is 24.5 Å². The summed E-state index contributed by atoms with van der Waals surface area (Å²) in [6, 6.07) is 0. The van der Waals surface area contributed by atoms with Crippen LogP contribution in [0.25, 0.3) is 0 Å². The Kier molecular flexibility index (Phi) is 7.15. The molecular formula is C8H11BrO2. The average molecular weight is 219 g/mol. The summed E-state index contributed by atoms with van der Waals surface area (Å²) in [4.78, 5) is 10.5. The molecule has 0 unspecified atom stereocenters. The maximum atomic E-state index is 10.5. The molecule has 0 rings (SSSR count). The summed E-state index contributed by atoms with van der Waals surface area (Å²) in [6.07, 6.45) is 7.84. The van der Waals surface area contributed by atoms with Crippen LogP contribution in [0.4, 0.5) is 0 Å². The van der Waals surface area contributed by atoms with E-state index in [1.54, 1.807) is 6.08 Å². The first-order chi connectivity index (χ1) is 5.31. The third-order valence-electron chi connectivity index (χ3n) is 0.870. The molecule has 0 fully saturated rings. The summed E-state index contributed by atoms with van der Waals surface area (Å²) in [5.74, 6) is -0.286. The summed E-state index contributed by atoms with van der Waals surface area (Å²) < 4.78 is 4.62. The van der Waals surface area contributed by atoms with E-state index in [0.717, 1.165) is 6.42 Å². The highest BCUT2D eigenvalue weighted by atomic mass is 79.9. The Hall–Kier alpha value is -0.570. The molecule has 0 bridgehead atoms. The van der Waals surface area contributed by atoms with Gasteiger partial charge in [0.05, 0.1) is 6.26 Å². The van der Waals surface area contributed by atoms with Crippen LogP contribution in [0.2, 0.25) is 0 Å². The maximum Gasteiger partial charge on any atom is 0.321 e. The van der Waals surface area contributed by atoms with Crippen molar-refractivity contribution in [3.8, 4) is 0 Å². The van der Waals surface area contributed by atoms with Gasteiger partial charge in [-0.3, -0.25) is 4.79 Å². The molecule has 0 atom stereocenters. The second-order valence-electron chi connectivity index (χ2n) is 1.79. The first-order valence-corrected chi connectivity index (χ1v) is 4.50. The zero-order chi connectivity index (χ0) is 8.53. The van der Waals surface area contributed by atoms with Crippen molar-refractivity contribution >= 4 is 21.9 Å². The molecule has 0 aromatic rings. The highest BCUT2D eigenvalue weighted by Gasteiger charge is 1.92. The first kappa shape index (κ1) is 10.4. The summed E-state index contributed by atoms with van der Waals surface area (Å²) in [5.41, 5.74) is 0. The van der Waals surface area contributed by atoms with Gasteiger partial charge in [0, 0.05) is 0 Å². The number of halogens is 1. The van der Waals surface area contributed by atoms with E-state index in [2.05, 4.69) is 20.7 Å². The van der Waals surface area contributed by atoms with Gasteiger partial charge in [0.15, 0.2) is 0 Å². The summed E-state index contributed by atoms with van der Waals surface area (Å²) in [5, 5.41) is 0.231. The Morgan fingerprint density at radius 2 is 2.27 bits per heavy atom. The second-order valence-corrected chi connectivity index (χ2v) is 2.35. The Bertz CT molecular complexity index is 161. The van der Waals surface area contributed by atoms with Gasteiger partial charge < -0.3 is 4.74 Å². The molecule has 0 aliphatic carbocycles. The normalized spacial score (nSPS) is 11.1. The topological polar surface area (TPSA) is 26.3 Å². The van der Waals surface area contributed by atoms with E-state index in [1.165, 1.54) is 6.26 Å². The fourth-order valence-electron chi connectivity index (χ4n) is 0.407. The largest absolute Gasteiger partial charge is 0.434 e. The van der Waals surface area contributed by atoms with Gasteiger partial charge in [-0.05, 0) is 12.5 Å². The standard InChI is InChI=1S/C8H11BrO2/c1-2-3-4-5-6-11-8(10)7-9/h3-6H,2,7H2,1H3/b4-3+,6-5?. The second kappa shape index (κ2) is 7.54. The molecule has 0 radical (unpaired) electrons. The summed E-state index contributed by atoms with van der Waals surface area (Å²) in [6.45, 7) is 2.04. The van der Waals surface area contributed by atoms with Crippen LogP contribution in [-0.2, 0) is 9.53 Å². The lowest BCUT2D eigenvalue weighted by Gasteiger charge is -1.90. The molecule has 11 heavy (non-hydrogen) atoms. The van der Waals surface area contributed by atoms with Crippen LogP contribution in [-0.4, -0.2) is 11.3 Å². The molecule has 0 aliphatic rings. The van der Waals surface area contributed by atoms with Crippen LogP contribution in [0.15, 0.2) is 24.5 Å². The van der Waals surface area contributed by atoms with Crippen molar-refractivity contribution in [1.82, 2.24) is 0 Å². The van der Waals surface area contributed by atoms with Crippen molar-refractivity contribution in [3.63, 3.8) is 0 Å². The molecule has 0 aliphatic heterocycles. The zero-order valence-corrected chi connectivity index (χ0v) is 8.00. The molecule has 0 aromatic carbocycles. The number of allylic oxidation sites excluding steroid dienone is 3. The smallest absolute Gasteiger partial charge is 0.321 e. The van der Waals surface area contributed by atoms with Crippen molar-refractivity contribution in [2.45, 2.75) is 13.3 Å². The number of esters is 1. The van der Waals surface area contributed by atoms with Crippen LogP contribution < -0.4 is 0 Å². The summed E-state index contributed by atoms with van der Waals surface area (Å²) in [7, 11) is 0. The number of ether oxygens (including phenoxy) is 1. The van der Waals surface area contributed by atoms with Crippen molar-refractivity contribution in [2.24, 2.45) is 0 Å². The zero-order valence-electron chi connectivity index (χ0n) is 6.42. The fraction of sp³-hybridized carbons (Fsp3) is 0.375. The van der Waals surface area contributed by atoms with E-state index in [4.69, 9.17) is 0 Å². The molecule has 0 N–H and O–H groups in total. The summed E-state index contributed by atoms with van der Waals surface area (Å²) >= 11 is 2.97. The van der Waals surface area contributed by atoms with E-state index in [1.807, 2.05) is 19.1 Å². The molecule has 0 spiro atoms. The lowest BCUT2D eigenvalue weighted by molar-refractivity contribution is -0.134. The number of alkyl halides is 1. The number of carbonyl (C=O) groups excluding carboxylic acids is 1. The molecule has 0 heterocycles. The molecule has 0 aromatic heterocycles. The average Bonchev–Trinajstić information content (AvgIpc) is 2.04. The Labute approximate surface area is 75.1 Å². The van der Waals surface area contributed by atoms with Crippen LogP contribution in [0.3, 0.4) is 0 Å². The molecule has 0 saturated heterocycles. The van der Waals surface area contributed by atoms with Crippen molar-refractivity contribution in [1.29, 1.82) is 0 Å². The minimum Gasteiger partial charge on any atom is -0.434 e. The number of hydrogen-bond donors (Lipinski definition) is 0. The van der Waals surface area contributed by atoms with Gasteiger partial charge in [-0.1, -0.05) is 35.0 Å². The van der Waals surface area contributed by atoms with Crippen LogP contribution in [0, 0.1) is 0 Å². The maximum absolute atomic E-state index is 10.5. The minimum absolute atomic E-state index is 0.231.